The Morgan fingerprint density at radius 2 is 1.94 bits per heavy atom. The number of nitrogen functional groups attached to an aromatic ring is 1. The van der Waals surface area contributed by atoms with Gasteiger partial charge in [0.2, 0.25) is 0 Å². The summed E-state index contributed by atoms with van der Waals surface area (Å²) in [4.78, 5) is 13.3. The van der Waals surface area contributed by atoms with Crippen LogP contribution >= 0.6 is 0 Å². The van der Waals surface area contributed by atoms with E-state index in [1.165, 1.54) is 0 Å². The molecule has 8 heteroatoms. The molecule has 3 rings (SSSR count). The van der Waals surface area contributed by atoms with Crippen LogP contribution in [0, 0.1) is 5.92 Å². The molecule has 0 aliphatic carbocycles. The number of ether oxygens (including phenoxy) is 2. The molecule has 33 heavy (non-hydrogen) atoms. The fourth-order valence-corrected chi connectivity index (χ4v) is 5.14. The van der Waals surface area contributed by atoms with Gasteiger partial charge in [-0.2, -0.15) is 0 Å². The topological polar surface area (TPSA) is 93.9 Å². The summed E-state index contributed by atoms with van der Waals surface area (Å²) in [6, 6.07) is 17.0. The molecule has 2 aromatic rings. The van der Waals surface area contributed by atoms with Crippen LogP contribution in [0.4, 0.5) is 10.5 Å². The van der Waals surface area contributed by atoms with Crippen molar-refractivity contribution in [3.8, 4) is 0 Å². The monoisotopic (exact) mass is 473 g/mol. The number of amides is 1. The quantitative estimate of drug-likeness (QED) is 0.485. The van der Waals surface area contributed by atoms with E-state index in [1.54, 1.807) is 24.3 Å². The van der Waals surface area contributed by atoms with Gasteiger partial charge in [0.25, 0.3) is 0 Å². The molecular weight excluding hydrogens is 438 g/mol. The Labute approximate surface area is 199 Å². The van der Waals surface area contributed by atoms with Gasteiger partial charge in [-0.1, -0.05) is 44.2 Å². The summed E-state index contributed by atoms with van der Waals surface area (Å²) < 4.78 is 26.1. The SMILES string of the molecule is CC(C)CN(CCC(Cc1ccccc1)NC(=O)OC1CCOC1)S(=O)c1ccc(N)cc1. The molecule has 1 fully saturated rings. The van der Waals surface area contributed by atoms with Gasteiger partial charge >= 0.3 is 6.09 Å². The Hall–Kier alpha value is -2.42. The number of alkyl carbamates (subject to hydrolysis) is 1. The van der Waals surface area contributed by atoms with E-state index in [9.17, 15) is 9.00 Å². The zero-order valence-electron chi connectivity index (χ0n) is 19.4. The van der Waals surface area contributed by atoms with E-state index in [4.69, 9.17) is 15.2 Å². The Morgan fingerprint density at radius 1 is 1.21 bits per heavy atom. The summed E-state index contributed by atoms with van der Waals surface area (Å²) >= 11 is 0. The average Bonchev–Trinajstić information content (AvgIpc) is 3.30. The Balaban J connectivity index is 1.67. The minimum Gasteiger partial charge on any atom is -0.444 e. The second-order valence-corrected chi connectivity index (χ2v) is 10.3. The van der Waals surface area contributed by atoms with Gasteiger partial charge in [-0.3, -0.25) is 0 Å². The van der Waals surface area contributed by atoms with E-state index >= 15 is 0 Å². The molecule has 3 atom stereocenters. The lowest BCUT2D eigenvalue weighted by Crippen LogP contribution is -2.41. The molecule has 0 spiro atoms. The van der Waals surface area contributed by atoms with Crippen LogP contribution < -0.4 is 11.1 Å². The van der Waals surface area contributed by atoms with E-state index in [0.29, 0.717) is 50.8 Å². The normalized spacial score (nSPS) is 17.8. The molecule has 3 unspecified atom stereocenters. The van der Waals surface area contributed by atoms with Crippen LogP contribution in [0.3, 0.4) is 0 Å². The van der Waals surface area contributed by atoms with Crippen molar-refractivity contribution in [1.29, 1.82) is 0 Å². The molecule has 7 nitrogen and oxygen atoms in total. The van der Waals surface area contributed by atoms with Crippen molar-refractivity contribution >= 4 is 22.8 Å². The lowest BCUT2D eigenvalue weighted by atomic mass is 10.0. The number of nitrogens with zero attached hydrogens (tertiary/aromatic N) is 1. The first kappa shape index (κ1) is 25.2. The van der Waals surface area contributed by atoms with Gasteiger partial charge in [0.05, 0.1) is 18.1 Å². The molecule has 0 bridgehead atoms. The molecule has 1 heterocycles. The van der Waals surface area contributed by atoms with Crippen LogP contribution in [0.25, 0.3) is 0 Å². The number of anilines is 1. The van der Waals surface area contributed by atoms with Crippen molar-refractivity contribution < 1.29 is 18.5 Å². The highest BCUT2D eigenvalue weighted by Crippen LogP contribution is 2.17. The average molecular weight is 474 g/mol. The number of benzene rings is 2. The van der Waals surface area contributed by atoms with Gasteiger partial charge in [-0.05, 0) is 48.6 Å². The van der Waals surface area contributed by atoms with Crippen molar-refractivity contribution in [1.82, 2.24) is 9.62 Å². The fourth-order valence-electron chi connectivity index (χ4n) is 3.76. The number of hydrogen-bond donors (Lipinski definition) is 2. The molecule has 2 aromatic carbocycles. The van der Waals surface area contributed by atoms with E-state index < -0.39 is 17.1 Å². The number of hydrogen-bond acceptors (Lipinski definition) is 5. The van der Waals surface area contributed by atoms with Crippen LogP contribution in [0.1, 0.15) is 32.3 Å². The highest BCUT2D eigenvalue weighted by Gasteiger charge is 2.24. The molecule has 1 aliphatic rings. The van der Waals surface area contributed by atoms with Gasteiger partial charge < -0.3 is 20.5 Å². The van der Waals surface area contributed by atoms with Gasteiger partial charge in [-0.15, -0.1) is 0 Å². The Bertz CT molecular complexity index is 886. The maximum absolute atomic E-state index is 13.3. The standard InChI is InChI=1S/C25H35N3O4S/c1-19(2)17-28(33(30)24-10-8-21(26)9-11-24)14-12-22(16-20-6-4-3-5-7-20)27-25(29)32-23-13-15-31-18-23/h3-11,19,22-23H,12-18,26H2,1-2H3,(H,27,29). The fraction of sp³-hybridized carbons (Fsp3) is 0.480. The molecule has 1 aliphatic heterocycles. The van der Waals surface area contributed by atoms with Gasteiger partial charge in [0.15, 0.2) is 0 Å². The first-order valence-electron chi connectivity index (χ1n) is 11.5. The maximum Gasteiger partial charge on any atom is 0.407 e. The second-order valence-electron chi connectivity index (χ2n) is 8.81. The Morgan fingerprint density at radius 3 is 2.58 bits per heavy atom. The Kier molecular flexibility index (Phi) is 9.72. The van der Waals surface area contributed by atoms with Crippen LogP contribution in [-0.4, -0.2) is 53.1 Å². The number of nitrogens with one attached hydrogen (secondary N) is 1. The number of nitrogens with two attached hydrogens (primary N) is 1. The first-order chi connectivity index (χ1) is 15.9. The minimum atomic E-state index is -1.31. The van der Waals surface area contributed by atoms with Crippen molar-refractivity contribution in [3.05, 3.63) is 60.2 Å². The van der Waals surface area contributed by atoms with Crippen molar-refractivity contribution in [2.75, 3.05) is 32.0 Å². The number of carbonyl (C=O) groups is 1. The molecular formula is C25H35N3O4S. The van der Waals surface area contributed by atoms with Crippen LogP contribution in [0.5, 0.6) is 0 Å². The zero-order valence-corrected chi connectivity index (χ0v) is 20.3. The van der Waals surface area contributed by atoms with Crippen LogP contribution in [0.15, 0.2) is 59.5 Å². The number of carbonyl (C=O) groups excluding carboxylic acids is 1. The highest BCUT2D eigenvalue weighted by molar-refractivity contribution is 7.82. The third kappa shape index (κ3) is 8.46. The molecule has 0 aromatic heterocycles. The summed E-state index contributed by atoms with van der Waals surface area (Å²) in [5.41, 5.74) is 7.56. The smallest absolute Gasteiger partial charge is 0.407 e. The summed E-state index contributed by atoms with van der Waals surface area (Å²) in [6.07, 6.45) is 1.40. The summed E-state index contributed by atoms with van der Waals surface area (Å²) in [7, 11) is -1.31. The lowest BCUT2D eigenvalue weighted by Gasteiger charge is -2.26. The molecule has 3 N–H and O–H groups in total. The van der Waals surface area contributed by atoms with Crippen molar-refractivity contribution in [2.45, 2.75) is 50.2 Å². The molecule has 0 radical (unpaired) electrons. The predicted octanol–water partition coefficient (Wildman–Crippen LogP) is 3.77. The molecule has 180 valence electrons. The van der Waals surface area contributed by atoms with Gasteiger partial charge in [0.1, 0.15) is 17.1 Å². The van der Waals surface area contributed by atoms with Crippen molar-refractivity contribution in [2.24, 2.45) is 5.92 Å². The van der Waals surface area contributed by atoms with Crippen molar-refractivity contribution in [3.63, 3.8) is 0 Å². The third-order valence-electron chi connectivity index (χ3n) is 5.42. The van der Waals surface area contributed by atoms with E-state index in [1.807, 2.05) is 34.6 Å². The largest absolute Gasteiger partial charge is 0.444 e. The summed E-state index contributed by atoms with van der Waals surface area (Å²) in [5, 5.41) is 3.03. The molecule has 0 saturated carbocycles. The lowest BCUT2D eigenvalue weighted by molar-refractivity contribution is 0.0803. The van der Waals surface area contributed by atoms with Gasteiger partial charge in [-0.25, -0.2) is 13.3 Å². The summed E-state index contributed by atoms with van der Waals surface area (Å²) in [5.74, 6) is 0.343. The van der Waals surface area contributed by atoms with E-state index in [0.717, 1.165) is 16.9 Å². The maximum atomic E-state index is 13.3. The molecule has 1 saturated heterocycles. The first-order valence-corrected chi connectivity index (χ1v) is 12.6. The van der Waals surface area contributed by atoms with Crippen LogP contribution in [-0.2, 0) is 26.9 Å². The van der Waals surface area contributed by atoms with Gasteiger partial charge in [0, 0.05) is 31.2 Å². The highest BCUT2D eigenvalue weighted by atomic mass is 32.2. The second kappa shape index (κ2) is 12.7. The van der Waals surface area contributed by atoms with Crippen LogP contribution in [0.2, 0.25) is 0 Å². The summed E-state index contributed by atoms with van der Waals surface area (Å²) in [6.45, 7) is 6.52. The third-order valence-corrected chi connectivity index (χ3v) is 6.90. The van der Waals surface area contributed by atoms with E-state index in [2.05, 4.69) is 19.2 Å². The predicted molar refractivity (Wildman–Crippen MR) is 131 cm³/mol. The van der Waals surface area contributed by atoms with E-state index in [-0.39, 0.29) is 12.1 Å². The minimum absolute atomic E-state index is 0.152. The number of rotatable bonds is 11. The zero-order chi connectivity index (χ0) is 23.6. The molecule has 1 amide bonds.